The number of alkyl halides is 3. The van der Waals surface area contributed by atoms with Crippen molar-refractivity contribution in [3.8, 4) is 33.8 Å². The van der Waals surface area contributed by atoms with Crippen molar-refractivity contribution in [2.24, 2.45) is 5.73 Å². The van der Waals surface area contributed by atoms with E-state index < -0.39 is 11.7 Å². The highest BCUT2D eigenvalue weighted by molar-refractivity contribution is 5.89. The van der Waals surface area contributed by atoms with Crippen LogP contribution in [0.3, 0.4) is 0 Å². The van der Waals surface area contributed by atoms with E-state index in [4.69, 9.17) is 25.2 Å². The molecule has 0 aliphatic rings. The molecule has 0 unspecified atom stereocenters. The van der Waals surface area contributed by atoms with Crippen molar-refractivity contribution in [3.63, 3.8) is 0 Å². The fourth-order valence-electron chi connectivity index (χ4n) is 3.88. The highest BCUT2D eigenvalue weighted by Crippen LogP contribution is 2.39. The van der Waals surface area contributed by atoms with Crippen molar-refractivity contribution in [2.75, 3.05) is 44.8 Å². The van der Waals surface area contributed by atoms with E-state index in [2.05, 4.69) is 5.32 Å². The van der Waals surface area contributed by atoms with Crippen LogP contribution in [-0.2, 0) is 15.7 Å². The second-order valence-electron chi connectivity index (χ2n) is 8.37. The van der Waals surface area contributed by atoms with Crippen LogP contribution in [-0.4, -0.2) is 49.5 Å². The van der Waals surface area contributed by atoms with Gasteiger partial charge in [0.15, 0.2) is 5.82 Å². The Bertz CT molecular complexity index is 1300. The van der Waals surface area contributed by atoms with E-state index in [1.165, 1.54) is 6.07 Å². The molecular weight excluding hydrogens is 493 g/mol. The number of ether oxygens (including phenoxy) is 2. The van der Waals surface area contributed by atoms with Gasteiger partial charge in [-0.05, 0) is 17.7 Å². The van der Waals surface area contributed by atoms with Gasteiger partial charge in [-0.15, -0.1) is 0 Å². The number of aromatic nitrogens is 2. The summed E-state index contributed by atoms with van der Waals surface area (Å²) in [7, 11) is 0. The van der Waals surface area contributed by atoms with Crippen molar-refractivity contribution >= 4 is 5.82 Å². The molecule has 0 radical (unpaired) electrons. The van der Waals surface area contributed by atoms with Gasteiger partial charge in [-0.25, -0.2) is 9.97 Å². The summed E-state index contributed by atoms with van der Waals surface area (Å²) in [5.74, 6) is 0.900. The van der Waals surface area contributed by atoms with Crippen LogP contribution < -0.4 is 11.1 Å². The lowest BCUT2D eigenvalue weighted by atomic mass is 9.97. The molecule has 4 aromatic rings. The molecule has 0 fully saturated rings. The van der Waals surface area contributed by atoms with Crippen LogP contribution >= 0.6 is 0 Å². The molecule has 4 rings (SSSR count). The van der Waals surface area contributed by atoms with Gasteiger partial charge in [-0.2, -0.15) is 13.2 Å². The smallest absolute Gasteiger partial charge is 0.378 e. The van der Waals surface area contributed by atoms with Crippen molar-refractivity contribution in [2.45, 2.75) is 6.18 Å². The highest BCUT2D eigenvalue weighted by Gasteiger charge is 2.31. The Hall–Kier alpha value is -3.79. The predicted octanol–water partition coefficient (Wildman–Crippen LogP) is 5.90. The van der Waals surface area contributed by atoms with Crippen LogP contribution in [0.5, 0.6) is 0 Å². The minimum Gasteiger partial charge on any atom is -0.378 e. The first-order valence-corrected chi connectivity index (χ1v) is 12.3. The minimum atomic E-state index is -4.48. The summed E-state index contributed by atoms with van der Waals surface area (Å²) in [6.45, 7) is 2.59. The summed E-state index contributed by atoms with van der Waals surface area (Å²) in [6.07, 6.45) is -4.48. The molecule has 0 saturated carbocycles. The second kappa shape index (κ2) is 13.1. The Balaban J connectivity index is 1.75. The second-order valence-corrected chi connectivity index (χ2v) is 8.37. The number of hydrogen-bond donors (Lipinski definition) is 2. The molecule has 9 heteroatoms. The highest BCUT2D eigenvalue weighted by atomic mass is 19.4. The standard InChI is InChI=1S/C29H29F3N4O2/c30-29(31,32)24-13-7-12-23(20-24)26-25(21-8-3-1-4-9-21)28(34-15-17-38-19-18-37-16-14-33)36-27(35-26)22-10-5-2-6-11-22/h1-13,20H,14-19,33H2,(H,34,35,36). The molecule has 0 atom stereocenters. The lowest BCUT2D eigenvalue weighted by Gasteiger charge is -2.18. The quantitative estimate of drug-likeness (QED) is 0.226. The van der Waals surface area contributed by atoms with Crippen LogP contribution in [0.25, 0.3) is 33.8 Å². The third-order valence-electron chi connectivity index (χ3n) is 5.64. The molecule has 6 nitrogen and oxygen atoms in total. The largest absolute Gasteiger partial charge is 0.416 e. The van der Waals surface area contributed by atoms with Crippen molar-refractivity contribution in [3.05, 3.63) is 90.5 Å². The number of rotatable bonds is 12. The number of nitrogens with one attached hydrogen (secondary N) is 1. The number of anilines is 1. The average Bonchev–Trinajstić information content (AvgIpc) is 2.94. The van der Waals surface area contributed by atoms with Gasteiger partial charge in [0.1, 0.15) is 5.82 Å². The van der Waals surface area contributed by atoms with Gasteiger partial charge in [-0.1, -0.05) is 72.8 Å². The van der Waals surface area contributed by atoms with E-state index in [1.807, 2.05) is 60.7 Å². The van der Waals surface area contributed by atoms with Crippen molar-refractivity contribution in [1.82, 2.24) is 9.97 Å². The molecule has 0 saturated heterocycles. The molecule has 3 aromatic carbocycles. The van der Waals surface area contributed by atoms with Crippen LogP contribution in [0.4, 0.5) is 19.0 Å². The van der Waals surface area contributed by atoms with Crippen LogP contribution in [0, 0.1) is 0 Å². The summed E-state index contributed by atoms with van der Waals surface area (Å²) in [5, 5.41) is 3.32. The van der Waals surface area contributed by atoms with E-state index in [1.54, 1.807) is 6.07 Å². The zero-order chi connectivity index (χ0) is 26.8. The van der Waals surface area contributed by atoms with E-state index in [-0.39, 0.29) is 0 Å². The lowest BCUT2D eigenvalue weighted by Crippen LogP contribution is -2.16. The Morgan fingerprint density at radius 1 is 0.711 bits per heavy atom. The zero-order valence-corrected chi connectivity index (χ0v) is 20.7. The van der Waals surface area contributed by atoms with Crippen LogP contribution in [0.1, 0.15) is 5.56 Å². The molecule has 0 aliphatic heterocycles. The number of halogens is 3. The van der Waals surface area contributed by atoms with E-state index in [0.29, 0.717) is 68.0 Å². The molecule has 0 bridgehead atoms. The summed E-state index contributed by atoms with van der Waals surface area (Å²) >= 11 is 0. The first-order valence-electron chi connectivity index (χ1n) is 12.3. The van der Waals surface area contributed by atoms with E-state index >= 15 is 0 Å². The molecule has 3 N–H and O–H groups in total. The molecule has 0 amide bonds. The third kappa shape index (κ3) is 7.16. The van der Waals surface area contributed by atoms with Gasteiger partial charge in [0.2, 0.25) is 0 Å². The summed E-state index contributed by atoms with van der Waals surface area (Å²) < 4.78 is 51.7. The zero-order valence-electron chi connectivity index (χ0n) is 20.7. The summed E-state index contributed by atoms with van der Waals surface area (Å²) in [4.78, 5) is 9.58. The number of benzene rings is 3. The third-order valence-corrected chi connectivity index (χ3v) is 5.64. The van der Waals surface area contributed by atoms with E-state index in [0.717, 1.165) is 23.3 Å². The Morgan fingerprint density at radius 2 is 1.34 bits per heavy atom. The van der Waals surface area contributed by atoms with Gasteiger partial charge in [-0.3, -0.25) is 0 Å². The topological polar surface area (TPSA) is 82.3 Å². The Kier molecular flexibility index (Phi) is 9.42. The number of nitrogens with two attached hydrogens (primary N) is 1. The number of nitrogens with zero attached hydrogens (tertiary/aromatic N) is 2. The molecule has 198 valence electrons. The Labute approximate surface area is 219 Å². The molecule has 1 heterocycles. The first kappa shape index (κ1) is 27.3. The SMILES string of the molecule is NCCOCCOCCNc1nc(-c2ccccc2)nc(-c2cccc(C(F)(F)F)c2)c1-c1ccccc1. The van der Waals surface area contributed by atoms with Crippen molar-refractivity contribution in [1.29, 1.82) is 0 Å². The molecule has 38 heavy (non-hydrogen) atoms. The van der Waals surface area contributed by atoms with Gasteiger partial charge in [0, 0.05) is 24.2 Å². The Morgan fingerprint density at radius 3 is 2.00 bits per heavy atom. The summed E-state index contributed by atoms with van der Waals surface area (Å²) in [5.41, 5.74) is 7.54. The molecule has 0 aliphatic carbocycles. The maximum atomic E-state index is 13.6. The van der Waals surface area contributed by atoms with Crippen LogP contribution in [0.15, 0.2) is 84.9 Å². The first-order chi connectivity index (χ1) is 18.5. The average molecular weight is 523 g/mol. The monoisotopic (exact) mass is 522 g/mol. The summed E-state index contributed by atoms with van der Waals surface area (Å²) in [6, 6.07) is 23.9. The molecular formula is C29H29F3N4O2. The fourth-order valence-corrected chi connectivity index (χ4v) is 3.88. The van der Waals surface area contributed by atoms with E-state index in [9.17, 15) is 13.2 Å². The van der Waals surface area contributed by atoms with Gasteiger partial charge < -0.3 is 20.5 Å². The normalized spacial score (nSPS) is 11.5. The molecule has 1 aromatic heterocycles. The molecule has 0 spiro atoms. The van der Waals surface area contributed by atoms with Gasteiger partial charge in [0.25, 0.3) is 0 Å². The predicted molar refractivity (Wildman–Crippen MR) is 143 cm³/mol. The minimum absolute atomic E-state index is 0.342. The fraction of sp³-hybridized carbons (Fsp3) is 0.241. The van der Waals surface area contributed by atoms with Crippen LogP contribution in [0.2, 0.25) is 0 Å². The number of hydrogen-bond acceptors (Lipinski definition) is 6. The van der Waals surface area contributed by atoms with Gasteiger partial charge >= 0.3 is 6.18 Å². The van der Waals surface area contributed by atoms with Gasteiger partial charge in [0.05, 0.1) is 43.2 Å². The van der Waals surface area contributed by atoms with Crippen molar-refractivity contribution < 1.29 is 22.6 Å². The maximum Gasteiger partial charge on any atom is 0.416 e. The lowest BCUT2D eigenvalue weighted by molar-refractivity contribution is -0.137. The maximum absolute atomic E-state index is 13.6.